The number of hydrogen-bond donors (Lipinski definition) is 1. The minimum Gasteiger partial charge on any atom is -0.463 e. The van der Waals surface area contributed by atoms with E-state index >= 15 is 0 Å². The molecule has 49 heavy (non-hydrogen) atoms. The van der Waals surface area contributed by atoms with E-state index in [4.69, 9.17) is 33.2 Å². The van der Waals surface area contributed by atoms with Crippen molar-refractivity contribution in [2.45, 2.75) is 123 Å². The van der Waals surface area contributed by atoms with Crippen LogP contribution in [0.3, 0.4) is 0 Å². The number of nitrogens with one attached hydrogen (secondary N) is 1. The first-order chi connectivity index (χ1) is 23.1. The molecule has 0 bridgehead atoms. The summed E-state index contributed by atoms with van der Waals surface area (Å²) in [6.45, 7) is 8.83. The summed E-state index contributed by atoms with van der Waals surface area (Å²) in [4.78, 5) is 60.6. The Hall–Kier alpha value is -2.72. The predicted molar refractivity (Wildman–Crippen MR) is 181 cm³/mol. The van der Waals surface area contributed by atoms with Gasteiger partial charge in [0.05, 0.1) is 6.10 Å². The highest BCUT2D eigenvalue weighted by Gasteiger charge is 2.57. The quantitative estimate of drug-likeness (QED) is 0.109. The standard InChI is InChI=1S/C35H48INO12/c1-18(38)43-16-27-29(45-19(2)39)30(46-20(3)40)31(47-21(4)41)32(48-27)49-33(42)37-17-44-23-11-13-34(5)22(15-23)7-8-24-25-9-10-28(36)35(25,6)14-12-26(24)34/h7,10,23-27,29-32H,8-9,11-17H2,1-6H3,(H,37,42)/t23-,24-,25-,26?,27+,29+,30-,31+,32-,34-,35-/m0/s1. The first-order valence-corrected chi connectivity index (χ1v) is 18.1. The summed E-state index contributed by atoms with van der Waals surface area (Å²) < 4.78 is 40.1. The first-order valence-electron chi connectivity index (χ1n) is 17.0. The maximum atomic E-state index is 13.0. The van der Waals surface area contributed by atoms with E-state index in [9.17, 15) is 24.0 Å². The molecule has 0 radical (unpaired) electrons. The van der Waals surface area contributed by atoms with Gasteiger partial charge in [0.2, 0.25) is 12.4 Å². The number of esters is 4. The molecule has 11 atom stereocenters. The van der Waals surface area contributed by atoms with Crippen LogP contribution in [0, 0.1) is 28.6 Å². The molecule has 272 valence electrons. The van der Waals surface area contributed by atoms with Gasteiger partial charge in [0.1, 0.15) is 19.4 Å². The number of alkyl carbamates (subject to hydrolysis) is 1. The molecule has 1 amide bonds. The molecule has 0 aromatic heterocycles. The zero-order chi connectivity index (χ0) is 35.7. The molecule has 1 aliphatic heterocycles. The van der Waals surface area contributed by atoms with Gasteiger partial charge in [-0.1, -0.05) is 31.6 Å². The average molecular weight is 802 g/mol. The van der Waals surface area contributed by atoms with Gasteiger partial charge < -0.3 is 33.2 Å². The minimum absolute atomic E-state index is 0.0789. The highest BCUT2D eigenvalue weighted by molar-refractivity contribution is 14.1. The number of carbonyl (C=O) groups excluding carboxylic acids is 5. The van der Waals surface area contributed by atoms with Crippen LogP contribution in [-0.2, 0) is 52.3 Å². The van der Waals surface area contributed by atoms with E-state index in [-0.39, 0.29) is 18.2 Å². The Balaban J connectivity index is 1.20. The Kier molecular flexibility index (Phi) is 11.7. The van der Waals surface area contributed by atoms with Crippen molar-refractivity contribution in [2.24, 2.45) is 28.6 Å². The number of rotatable bonds is 9. The summed E-state index contributed by atoms with van der Waals surface area (Å²) >= 11 is 2.56. The lowest BCUT2D eigenvalue weighted by molar-refractivity contribution is -0.294. The van der Waals surface area contributed by atoms with E-state index in [0.29, 0.717) is 23.2 Å². The number of hydrogen-bond acceptors (Lipinski definition) is 12. The second-order valence-electron chi connectivity index (χ2n) is 14.3. The van der Waals surface area contributed by atoms with Gasteiger partial charge in [-0.25, -0.2) is 4.79 Å². The summed E-state index contributed by atoms with van der Waals surface area (Å²) in [7, 11) is 0. The summed E-state index contributed by atoms with van der Waals surface area (Å²) in [6.07, 6.45) is 4.17. The van der Waals surface area contributed by atoms with Gasteiger partial charge in [-0.15, -0.1) is 0 Å². The molecular weight excluding hydrogens is 753 g/mol. The number of amides is 1. The lowest BCUT2D eigenvalue weighted by atomic mass is 9.48. The van der Waals surface area contributed by atoms with E-state index in [0.717, 1.165) is 46.5 Å². The largest absolute Gasteiger partial charge is 0.463 e. The second kappa shape index (κ2) is 15.3. The highest BCUT2D eigenvalue weighted by Crippen LogP contribution is 2.65. The zero-order valence-electron chi connectivity index (χ0n) is 29.0. The van der Waals surface area contributed by atoms with Crippen LogP contribution in [0.4, 0.5) is 4.79 Å². The lowest BCUT2D eigenvalue weighted by Crippen LogP contribution is -2.63. The van der Waals surface area contributed by atoms with Crippen LogP contribution in [0.15, 0.2) is 21.3 Å². The maximum absolute atomic E-state index is 13.0. The Morgan fingerprint density at radius 1 is 0.816 bits per heavy atom. The Labute approximate surface area is 300 Å². The fourth-order valence-electron chi connectivity index (χ4n) is 8.93. The van der Waals surface area contributed by atoms with E-state index in [1.165, 1.54) is 35.3 Å². The van der Waals surface area contributed by atoms with Gasteiger partial charge in [0, 0.05) is 33.1 Å². The van der Waals surface area contributed by atoms with Crippen LogP contribution >= 0.6 is 22.6 Å². The summed E-state index contributed by atoms with van der Waals surface area (Å²) in [5.74, 6) is -0.935. The highest BCUT2D eigenvalue weighted by atomic mass is 127. The molecule has 2 saturated carbocycles. The normalized spacial score (nSPS) is 37.9. The van der Waals surface area contributed by atoms with Crippen molar-refractivity contribution in [1.29, 1.82) is 0 Å². The van der Waals surface area contributed by atoms with Gasteiger partial charge >= 0.3 is 30.0 Å². The molecule has 1 heterocycles. The minimum atomic E-state index is -1.62. The molecule has 13 nitrogen and oxygen atoms in total. The van der Waals surface area contributed by atoms with Crippen molar-refractivity contribution in [3.05, 3.63) is 21.3 Å². The van der Waals surface area contributed by atoms with Gasteiger partial charge in [-0.2, -0.15) is 0 Å². The molecule has 1 saturated heterocycles. The first kappa shape index (κ1) is 37.5. The van der Waals surface area contributed by atoms with E-state index in [1.807, 2.05) is 0 Å². The summed E-state index contributed by atoms with van der Waals surface area (Å²) in [5, 5.41) is 2.57. The molecule has 5 aliphatic rings. The third kappa shape index (κ3) is 8.11. The molecule has 14 heteroatoms. The van der Waals surface area contributed by atoms with E-state index < -0.39 is 67.3 Å². The number of ether oxygens (including phenoxy) is 7. The van der Waals surface area contributed by atoms with Gasteiger partial charge in [0.15, 0.2) is 12.2 Å². The molecule has 5 rings (SSSR count). The molecule has 0 spiro atoms. The third-order valence-corrected chi connectivity index (χ3v) is 12.9. The summed E-state index contributed by atoms with van der Waals surface area (Å²) in [5.41, 5.74) is 1.92. The molecular formula is C35H48INO12. The monoisotopic (exact) mass is 801 g/mol. The van der Waals surface area contributed by atoms with Crippen LogP contribution in [0.25, 0.3) is 0 Å². The van der Waals surface area contributed by atoms with Crippen molar-refractivity contribution in [3.63, 3.8) is 0 Å². The van der Waals surface area contributed by atoms with Crippen molar-refractivity contribution in [3.8, 4) is 0 Å². The van der Waals surface area contributed by atoms with Gasteiger partial charge in [0.25, 0.3) is 0 Å². The predicted octanol–water partition coefficient (Wildman–Crippen LogP) is 5.03. The Morgan fingerprint density at radius 3 is 2.14 bits per heavy atom. The van der Waals surface area contributed by atoms with E-state index in [1.54, 1.807) is 0 Å². The summed E-state index contributed by atoms with van der Waals surface area (Å²) in [6, 6.07) is 0. The number of halogens is 1. The molecule has 0 aromatic carbocycles. The molecule has 4 aliphatic carbocycles. The Bertz CT molecular complexity index is 1380. The van der Waals surface area contributed by atoms with Crippen LogP contribution < -0.4 is 5.32 Å². The van der Waals surface area contributed by atoms with Crippen molar-refractivity contribution >= 4 is 52.6 Å². The molecule has 0 aromatic rings. The number of allylic oxidation sites excluding steroid dienone is 3. The van der Waals surface area contributed by atoms with Gasteiger partial charge in [-0.3, -0.25) is 24.5 Å². The molecule has 3 fully saturated rings. The van der Waals surface area contributed by atoms with Crippen LogP contribution in [0.5, 0.6) is 0 Å². The van der Waals surface area contributed by atoms with Crippen LogP contribution in [0.2, 0.25) is 0 Å². The van der Waals surface area contributed by atoms with E-state index in [2.05, 4.69) is 53.9 Å². The second-order valence-corrected chi connectivity index (χ2v) is 15.5. The number of carbonyl (C=O) groups is 5. The lowest BCUT2D eigenvalue weighted by Gasteiger charge is -2.57. The Morgan fingerprint density at radius 2 is 1.47 bits per heavy atom. The van der Waals surface area contributed by atoms with Crippen LogP contribution in [0.1, 0.15) is 86.5 Å². The topological polar surface area (TPSA) is 162 Å². The van der Waals surface area contributed by atoms with Crippen molar-refractivity contribution in [1.82, 2.24) is 5.32 Å². The van der Waals surface area contributed by atoms with Crippen molar-refractivity contribution in [2.75, 3.05) is 13.3 Å². The maximum Gasteiger partial charge on any atom is 0.411 e. The smallest absolute Gasteiger partial charge is 0.411 e. The van der Waals surface area contributed by atoms with Gasteiger partial charge in [-0.05, 0) is 94.3 Å². The average Bonchev–Trinajstić information content (AvgIpc) is 3.32. The third-order valence-electron chi connectivity index (χ3n) is 11.3. The fourth-order valence-corrected chi connectivity index (χ4v) is 9.86. The molecule has 1 unspecified atom stereocenters. The molecule has 1 N–H and O–H groups in total. The number of fused-ring (bicyclic) bond motifs is 5. The van der Waals surface area contributed by atoms with Crippen LogP contribution in [-0.4, -0.2) is 80.1 Å². The SMILES string of the molecule is CC(=O)OC[C@H]1O[C@@H](OC(=O)NCO[C@H]2CC[C@@]3(C)C(=CC[C@@H]4C3CC[C@]3(C)C(I)=CC[C@@H]43)C2)[C@H](OC(C)=O)[C@@H](OC(C)=O)[C@@H]1OC(C)=O. The zero-order valence-corrected chi connectivity index (χ0v) is 31.1. The fraction of sp³-hybridized carbons (Fsp3) is 0.743. The van der Waals surface area contributed by atoms with Crippen molar-refractivity contribution < 1.29 is 57.1 Å².